The summed E-state index contributed by atoms with van der Waals surface area (Å²) in [6, 6.07) is 17.4. The third kappa shape index (κ3) is 6.13. The molecule has 0 unspecified atom stereocenters. The van der Waals surface area contributed by atoms with Crippen molar-refractivity contribution in [2.75, 3.05) is 17.7 Å². The summed E-state index contributed by atoms with van der Waals surface area (Å²) in [5.41, 5.74) is 2.12. The molecule has 2 aromatic heterocycles. The van der Waals surface area contributed by atoms with Gasteiger partial charge in [0.15, 0.2) is 20.8 Å². The van der Waals surface area contributed by atoms with E-state index in [1.54, 1.807) is 41.8 Å². The summed E-state index contributed by atoms with van der Waals surface area (Å²) in [4.78, 5) is 27.1. The van der Waals surface area contributed by atoms with Crippen molar-refractivity contribution in [3.8, 4) is 5.69 Å². The molecule has 4 aromatic rings. The first-order valence-electron chi connectivity index (χ1n) is 12.9. The van der Waals surface area contributed by atoms with Crippen LogP contribution in [0.5, 0.6) is 0 Å². The van der Waals surface area contributed by atoms with Crippen molar-refractivity contribution in [1.82, 2.24) is 14.8 Å². The highest BCUT2D eigenvalue weighted by Gasteiger charge is 2.28. The Labute approximate surface area is 240 Å². The average molecular weight is 597 g/mol. The molecule has 1 aliphatic carbocycles. The molecule has 2 aromatic carbocycles. The number of hydrogen-bond donors (Lipinski definition) is 1. The molecule has 0 saturated carbocycles. The molecule has 40 heavy (non-hydrogen) atoms. The maximum atomic E-state index is 13.1. The van der Waals surface area contributed by atoms with Gasteiger partial charge >= 0.3 is 5.97 Å². The molecule has 1 amide bonds. The van der Waals surface area contributed by atoms with Gasteiger partial charge in [-0.3, -0.25) is 9.36 Å². The van der Waals surface area contributed by atoms with Crippen molar-refractivity contribution in [2.45, 2.75) is 48.4 Å². The number of sulfone groups is 1. The van der Waals surface area contributed by atoms with Crippen molar-refractivity contribution >= 4 is 49.8 Å². The fraction of sp³-hybridized carbons (Fsp3) is 0.286. The number of carbonyl (C=O) groups excluding carboxylic acids is 2. The van der Waals surface area contributed by atoms with E-state index in [9.17, 15) is 18.0 Å². The zero-order chi connectivity index (χ0) is 28.1. The van der Waals surface area contributed by atoms with Crippen LogP contribution in [0.2, 0.25) is 0 Å². The standard InChI is InChI=1S/C28H28N4O5S3/c1-2-37-27(34)25-21-15-9-10-16-22(21)39-26(25)29-24(33)17-38-28-31-30-23(32(28)19-11-5-3-6-12-19)18-40(35,36)20-13-7-4-8-14-20/h3-8,11-14H,2,9-10,15-18H2,1H3,(H,29,33). The van der Waals surface area contributed by atoms with E-state index >= 15 is 0 Å². The molecule has 1 N–H and O–H groups in total. The van der Waals surface area contributed by atoms with E-state index in [1.807, 2.05) is 30.3 Å². The molecule has 208 valence electrons. The van der Waals surface area contributed by atoms with Crippen LogP contribution >= 0.6 is 23.1 Å². The number of thioether (sulfide) groups is 1. The molecule has 1 aliphatic rings. The van der Waals surface area contributed by atoms with Crippen LogP contribution in [-0.2, 0) is 38.0 Å². The summed E-state index contributed by atoms with van der Waals surface area (Å²) in [6.07, 6.45) is 3.72. The number of carbonyl (C=O) groups is 2. The number of hydrogen-bond acceptors (Lipinski definition) is 9. The Morgan fingerprint density at radius 2 is 1.73 bits per heavy atom. The number of para-hydroxylation sites is 1. The highest BCUT2D eigenvalue weighted by molar-refractivity contribution is 7.99. The van der Waals surface area contributed by atoms with Gasteiger partial charge in [0.05, 0.1) is 22.8 Å². The number of aryl methyl sites for hydroxylation is 1. The van der Waals surface area contributed by atoms with E-state index in [4.69, 9.17) is 4.74 Å². The van der Waals surface area contributed by atoms with Gasteiger partial charge in [0.1, 0.15) is 10.8 Å². The van der Waals surface area contributed by atoms with E-state index in [2.05, 4.69) is 15.5 Å². The zero-order valence-corrected chi connectivity index (χ0v) is 24.3. The van der Waals surface area contributed by atoms with E-state index in [-0.39, 0.29) is 34.7 Å². The van der Waals surface area contributed by atoms with Crippen LogP contribution in [0.25, 0.3) is 5.69 Å². The Kier molecular flexibility index (Phi) is 8.67. The van der Waals surface area contributed by atoms with E-state index < -0.39 is 15.8 Å². The quantitative estimate of drug-likeness (QED) is 0.199. The minimum absolute atomic E-state index is 0.0127. The Morgan fingerprint density at radius 3 is 2.45 bits per heavy atom. The van der Waals surface area contributed by atoms with Crippen LogP contribution in [0.3, 0.4) is 0 Å². The van der Waals surface area contributed by atoms with Crippen LogP contribution in [0.4, 0.5) is 5.00 Å². The van der Waals surface area contributed by atoms with Crippen LogP contribution in [0.1, 0.15) is 46.4 Å². The number of benzene rings is 2. The monoisotopic (exact) mass is 596 g/mol. The van der Waals surface area contributed by atoms with E-state index in [0.717, 1.165) is 47.9 Å². The van der Waals surface area contributed by atoms with Gasteiger partial charge in [0, 0.05) is 10.6 Å². The summed E-state index contributed by atoms with van der Waals surface area (Å²) < 4.78 is 33.1. The second-order valence-corrected chi connectivity index (χ2v) is 13.2. The Morgan fingerprint density at radius 1 is 1.02 bits per heavy atom. The van der Waals surface area contributed by atoms with Gasteiger partial charge in [-0.1, -0.05) is 48.2 Å². The largest absolute Gasteiger partial charge is 0.462 e. The van der Waals surface area contributed by atoms with E-state index in [0.29, 0.717) is 21.4 Å². The number of thiophene rings is 1. The third-order valence-corrected chi connectivity index (χ3v) is 10.1. The fourth-order valence-corrected chi connectivity index (χ4v) is 7.90. The first kappa shape index (κ1) is 28.1. The molecule has 12 heteroatoms. The first-order chi connectivity index (χ1) is 19.4. The number of rotatable bonds is 10. The molecule has 0 spiro atoms. The number of fused-ring (bicyclic) bond motifs is 1. The predicted molar refractivity (Wildman–Crippen MR) is 155 cm³/mol. The molecule has 0 aliphatic heterocycles. The maximum absolute atomic E-state index is 13.1. The minimum Gasteiger partial charge on any atom is -0.462 e. The molecule has 9 nitrogen and oxygen atoms in total. The molecule has 2 heterocycles. The lowest BCUT2D eigenvalue weighted by Gasteiger charge is -2.12. The Hall–Kier alpha value is -3.48. The van der Waals surface area contributed by atoms with Gasteiger partial charge in [-0.25, -0.2) is 13.2 Å². The number of ether oxygens (including phenoxy) is 1. The lowest BCUT2D eigenvalue weighted by molar-refractivity contribution is -0.113. The number of amides is 1. The SMILES string of the molecule is CCOC(=O)c1c(NC(=O)CSc2nnc(CS(=O)(=O)c3ccccc3)n2-c2ccccc2)sc2c1CCCC2. The topological polar surface area (TPSA) is 120 Å². The van der Waals surface area contributed by atoms with Gasteiger partial charge in [-0.05, 0) is 62.4 Å². The number of nitrogens with zero attached hydrogens (tertiary/aromatic N) is 3. The van der Waals surface area contributed by atoms with Gasteiger partial charge in [0.25, 0.3) is 0 Å². The molecule has 0 fully saturated rings. The molecular formula is C28H28N4O5S3. The van der Waals surface area contributed by atoms with E-state index in [1.165, 1.54) is 11.3 Å². The fourth-order valence-electron chi connectivity index (χ4n) is 4.57. The number of aromatic nitrogens is 3. The lowest BCUT2D eigenvalue weighted by atomic mass is 9.95. The Bertz CT molecular complexity index is 1620. The summed E-state index contributed by atoms with van der Waals surface area (Å²) >= 11 is 2.57. The summed E-state index contributed by atoms with van der Waals surface area (Å²) in [5.74, 6) is -0.849. The highest BCUT2D eigenvalue weighted by atomic mass is 32.2. The minimum atomic E-state index is -3.68. The second kappa shape index (κ2) is 12.4. The third-order valence-electron chi connectivity index (χ3n) is 6.37. The average Bonchev–Trinajstić information content (AvgIpc) is 3.53. The zero-order valence-electron chi connectivity index (χ0n) is 21.8. The first-order valence-corrected chi connectivity index (χ1v) is 16.3. The van der Waals surface area contributed by atoms with Gasteiger partial charge < -0.3 is 10.1 Å². The number of esters is 1. The normalized spacial score (nSPS) is 13.0. The molecular weight excluding hydrogens is 569 g/mol. The predicted octanol–water partition coefficient (Wildman–Crippen LogP) is 5.09. The van der Waals surface area contributed by atoms with Crippen molar-refractivity contribution in [3.63, 3.8) is 0 Å². The smallest absolute Gasteiger partial charge is 0.341 e. The van der Waals surface area contributed by atoms with Crippen LogP contribution in [0.15, 0.2) is 70.7 Å². The van der Waals surface area contributed by atoms with Gasteiger partial charge in [-0.2, -0.15) is 0 Å². The van der Waals surface area contributed by atoms with Crippen molar-refractivity contribution < 1.29 is 22.7 Å². The molecule has 5 rings (SSSR count). The number of nitrogens with one attached hydrogen (secondary N) is 1. The van der Waals surface area contributed by atoms with Crippen molar-refractivity contribution in [3.05, 3.63) is 82.5 Å². The summed E-state index contributed by atoms with van der Waals surface area (Å²) in [7, 11) is -3.68. The maximum Gasteiger partial charge on any atom is 0.341 e. The molecule has 0 atom stereocenters. The van der Waals surface area contributed by atoms with Gasteiger partial charge in [0.2, 0.25) is 5.91 Å². The van der Waals surface area contributed by atoms with Crippen LogP contribution < -0.4 is 5.32 Å². The van der Waals surface area contributed by atoms with Gasteiger partial charge in [-0.15, -0.1) is 21.5 Å². The molecule has 0 saturated heterocycles. The molecule has 0 bridgehead atoms. The summed E-state index contributed by atoms with van der Waals surface area (Å²) in [6.45, 7) is 2.01. The summed E-state index contributed by atoms with van der Waals surface area (Å²) in [5, 5.41) is 12.2. The molecule has 0 radical (unpaired) electrons. The van der Waals surface area contributed by atoms with Crippen LogP contribution in [-0.4, -0.2) is 47.4 Å². The van der Waals surface area contributed by atoms with Crippen LogP contribution in [0, 0.1) is 0 Å². The second-order valence-electron chi connectivity index (χ2n) is 9.11. The lowest BCUT2D eigenvalue weighted by Crippen LogP contribution is -2.17. The van der Waals surface area contributed by atoms with Crippen molar-refractivity contribution in [2.24, 2.45) is 0 Å². The van der Waals surface area contributed by atoms with Crippen molar-refractivity contribution in [1.29, 1.82) is 0 Å². The number of anilines is 1. The Balaban J connectivity index is 1.37. The highest BCUT2D eigenvalue weighted by Crippen LogP contribution is 2.39.